The van der Waals surface area contributed by atoms with Gasteiger partial charge in [0.2, 0.25) is 0 Å². The zero-order valence-electron chi connectivity index (χ0n) is 10.8. The highest BCUT2D eigenvalue weighted by Gasteiger charge is 2.09. The molecule has 0 aliphatic heterocycles. The Labute approximate surface area is 121 Å². The predicted octanol–water partition coefficient (Wildman–Crippen LogP) is 2.76. The van der Waals surface area contributed by atoms with Crippen LogP contribution in [0.3, 0.4) is 0 Å². The first-order valence-electron chi connectivity index (χ1n) is 5.88. The van der Waals surface area contributed by atoms with E-state index in [1.54, 1.807) is 17.4 Å². The van der Waals surface area contributed by atoms with E-state index in [2.05, 4.69) is 15.0 Å². The third kappa shape index (κ3) is 4.12. The third-order valence-electron chi connectivity index (χ3n) is 2.44. The van der Waals surface area contributed by atoms with Crippen molar-refractivity contribution in [1.29, 1.82) is 0 Å². The van der Waals surface area contributed by atoms with Crippen molar-refractivity contribution in [1.82, 2.24) is 15.0 Å². The number of hydrogen-bond acceptors (Lipinski definition) is 6. The highest BCUT2D eigenvalue weighted by molar-refractivity contribution is 7.07. The average Bonchev–Trinajstić information content (AvgIpc) is 2.88. The largest absolute Gasteiger partial charge is 0.374 e. The lowest BCUT2D eigenvalue weighted by atomic mass is 10.4. The van der Waals surface area contributed by atoms with E-state index in [1.165, 1.54) is 0 Å². The molecule has 0 aliphatic carbocycles. The van der Waals surface area contributed by atoms with Gasteiger partial charge in [0.15, 0.2) is 5.82 Å². The SMILES string of the molecule is CCOCc1nc(Cl)cc(N(C)Cc2cscn2)n1. The minimum absolute atomic E-state index is 0.370. The Morgan fingerprint density at radius 1 is 1.42 bits per heavy atom. The molecule has 0 N–H and O–H groups in total. The lowest BCUT2D eigenvalue weighted by Gasteiger charge is -2.17. The van der Waals surface area contributed by atoms with E-state index >= 15 is 0 Å². The Bertz CT molecular complexity index is 520. The van der Waals surface area contributed by atoms with Crippen LogP contribution in [-0.4, -0.2) is 28.6 Å². The van der Waals surface area contributed by atoms with Crippen LogP contribution in [0.15, 0.2) is 17.0 Å². The Morgan fingerprint density at radius 2 is 2.26 bits per heavy atom. The summed E-state index contributed by atoms with van der Waals surface area (Å²) in [5, 5.41) is 2.44. The van der Waals surface area contributed by atoms with E-state index in [0.29, 0.717) is 30.7 Å². The Balaban J connectivity index is 2.11. The minimum Gasteiger partial charge on any atom is -0.374 e. The molecule has 0 aliphatic rings. The minimum atomic E-state index is 0.370. The molecule has 0 spiro atoms. The molecule has 2 rings (SSSR count). The lowest BCUT2D eigenvalue weighted by Crippen LogP contribution is -2.19. The van der Waals surface area contributed by atoms with Crippen LogP contribution in [0, 0.1) is 0 Å². The van der Waals surface area contributed by atoms with Gasteiger partial charge in [-0.2, -0.15) is 0 Å². The number of hydrogen-bond donors (Lipinski definition) is 0. The summed E-state index contributed by atoms with van der Waals surface area (Å²) < 4.78 is 5.30. The van der Waals surface area contributed by atoms with Crippen LogP contribution in [0.25, 0.3) is 0 Å². The summed E-state index contributed by atoms with van der Waals surface area (Å²) in [5.41, 5.74) is 2.82. The zero-order valence-corrected chi connectivity index (χ0v) is 12.4. The molecule has 19 heavy (non-hydrogen) atoms. The van der Waals surface area contributed by atoms with Crippen molar-refractivity contribution in [3.63, 3.8) is 0 Å². The van der Waals surface area contributed by atoms with Gasteiger partial charge in [0.1, 0.15) is 17.6 Å². The summed E-state index contributed by atoms with van der Waals surface area (Å²) >= 11 is 7.59. The summed E-state index contributed by atoms with van der Waals surface area (Å²) in [4.78, 5) is 14.8. The first-order chi connectivity index (χ1) is 9.19. The fourth-order valence-electron chi connectivity index (χ4n) is 1.54. The summed E-state index contributed by atoms with van der Waals surface area (Å²) in [5.74, 6) is 1.36. The van der Waals surface area contributed by atoms with Crippen LogP contribution in [-0.2, 0) is 17.9 Å². The van der Waals surface area contributed by atoms with Crippen LogP contribution in [0.5, 0.6) is 0 Å². The van der Waals surface area contributed by atoms with Crippen molar-refractivity contribution >= 4 is 28.8 Å². The molecule has 2 heterocycles. The molecular weight excluding hydrogens is 284 g/mol. The molecule has 0 saturated heterocycles. The van der Waals surface area contributed by atoms with Gasteiger partial charge in [0, 0.05) is 25.1 Å². The molecule has 2 aromatic heterocycles. The fourth-order valence-corrected chi connectivity index (χ4v) is 2.29. The smallest absolute Gasteiger partial charge is 0.158 e. The topological polar surface area (TPSA) is 51.1 Å². The van der Waals surface area contributed by atoms with Gasteiger partial charge >= 0.3 is 0 Å². The van der Waals surface area contributed by atoms with Crippen molar-refractivity contribution in [2.75, 3.05) is 18.6 Å². The summed E-state index contributed by atoms with van der Waals surface area (Å²) in [6.07, 6.45) is 0. The van der Waals surface area contributed by atoms with Crippen LogP contribution >= 0.6 is 22.9 Å². The standard InChI is InChI=1S/C12H15ClN4OS/c1-3-18-6-11-15-10(13)4-12(16-11)17(2)5-9-7-19-8-14-9/h4,7-8H,3,5-6H2,1-2H3. The number of aromatic nitrogens is 3. The van der Waals surface area contributed by atoms with E-state index in [4.69, 9.17) is 16.3 Å². The predicted molar refractivity (Wildman–Crippen MR) is 76.6 cm³/mol. The number of rotatable bonds is 6. The maximum atomic E-state index is 6.01. The second-order valence-electron chi connectivity index (χ2n) is 3.94. The first kappa shape index (κ1) is 14.2. The highest BCUT2D eigenvalue weighted by Crippen LogP contribution is 2.17. The van der Waals surface area contributed by atoms with E-state index in [1.807, 2.05) is 29.8 Å². The van der Waals surface area contributed by atoms with Gasteiger partial charge in [-0.1, -0.05) is 11.6 Å². The van der Waals surface area contributed by atoms with Gasteiger partial charge in [-0.3, -0.25) is 0 Å². The van der Waals surface area contributed by atoms with E-state index in [0.717, 1.165) is 11.5 Å². The van der Waals surface area contributed by atoms with Crippen molar-refractivity contribution in [3.8, 4) is 0 Å². The lowest BCUT2D eigenvalue weighted by molar-refractivity contribution is 0.128. The molecule has 7 heteroatoms. The second-order valence-corrected chi connectivity index (χ2v) is 5.04. The molecular formula is C12H15ClN4OS. The Hall–Kier alpha value is -1.24. The normalized spacial score (nSPS) is 10.7. The summed E-state index contributed by atoms with van der Waals surface area (Å²) in [6.45, 7) is 3.61. The fraction of sp³-hybridized carbons (Fsp3) is 0.417. The molecule has 0 bridgehead atoms. The molecule has 0 saturated carbocycles. The Morgan fingerprint density at radius 3 is 2.95 bits per heavy atom. The quantitative estimate of drug-likeness (QED) is 0.768. The number of anilines is 1. The third-order valence-corrected chi connectivity index (χ3v) is 3.27. The van der Waals surface area contributed by atoms with Gasteiger partial charge in [0.25, 0.3) is 0 Å². The summed E-state index contributed by atoms with van der Waals surface area (Å²) in [7, 11) is 1.95. The van der Waals surface area contributed by atoms with Crippen molar-refractivity contribution in [2.45, 2.75) is 20.1 Å². The zero-order chi connectivity index (χ0) is 13.7. The first-order valence-corrected chi connectivity index (χ1v) is 7.20. The maximum absolute atomic E-state index is 6.01. The highest BCUT2D eigenvalue weighted by atomic mass is 35.5. The average molecular weight is 299 g/mol. The summed E-state index contributed by atoms with van der Waals surface area (Å²) in [6, 6.07) is 1.74. The monoisotopic (exact) mass is 298 g/mol. The molecule has 0 atom stereocenters. The molecule has 0 fully saturated rings. The molecule has 0 unspecified atom stereocenters. The van der Waals surface area contributed by atoms with Gasteiger partial charge in [0.05, 0.1) is 17.7 Å². The number of ether oxygens (including phenoxy) is 1. The van der Waals surface area contributed by atoms with Gasteiger partial charge < -0.3 is 9.64 Å². The molecule has 0 amide bonds. The maximum Gasteiger partial charge on any atom is 0.158 e. The number of thiazole rings is 1. The van der Waals surface area contributed by atoms with Gasteiger partial charge in [-0.05, 0) is 6.92 Å². The molecule has 5 nitrogen and oxygen atoms in total. The van der Waals surface area contributed by atoms with Crippen molar-refractivity contribution < 1.29 is 4.74 Å². The van der Waals surface area contributed by atoms with E-state index < -0.39 is 0 Å². The van der Waals surface area contributed by atoms with Crippen LogP contribution in [0.2, 0.25) is 5.15 Å². The van der Waals surface area contributed by atoms with Gasteiger partial charge in [-0.25, -0.2) is 15.0 Å². The van der Waals surface area contributed by atoms with E-state index in [-0.39, 0.29) is 0 Å². The molecule has 0 radical (unpaired) electrons. The number of nitrogens with zero attached hydrogens (tertiary/aromatic N) is 4. The van der Waals surface area contributed by atoms with Crippen molar-refractivity contribution in [2.24, 2.45) is 0 Å². The Kier molecular flexibility index (Phi) is 5.07. The molecule has 102 valence electrons. The second kappa shape index (κ2) is 6.79. The van der Waals surface area contributed by atoms with Gasteiger partial charge in [-0.15, -0.1) is 11.3 Å². The van der Waals surface area contributed by atoms with Crippen molar-refractivity contribution in [3.05, 3.63) is 33.6 Å². The van der Waals surface area contributed by atoms with E-state index in [9.17, 15) is 0 Å². The molecule has 2 aromatic rings. The van der Waals surface area contributed by atoms with Crippen LogP contribution < -0.4 is 4.90 Å². The molecule has 0 aromatic carbocycles. The number of halogens is 1. The van der Waals surface area contributed by atoms with Crippen LogP contribution in [0.4, 0.5) is 5.82 Å². The van der Waals surface area contributed by atoms with Crippen LogP contribution in [0.1, 0.15) is 18.4 Å².